The number of nitrogen functional groups attached to an aromatic ring is 1. The van der Waals surface area contributed by atoms with Crippen LogP contribution in [-0.4, -0.2) is 0 Å². The van der Waals surface area contributed by atoms with Crippen LogP contribution in [0.1, 0.15) is 0 Å². The van der Waals surface area contributed by atoms with Crippen molar-refractivity contribution in [1.82, 2.24) is 0 Å². The Bertz CT molecular complexity index is 473. The Morgan fingerprint density at radius 2 is 2.00 bits per heavy atom. The van der Waals surface area contributed by atoms with Crippen molar-refractivity contribution in [1.29, 1.82) is 0 Å². The van der Waals surface area contributed by atoms with Gasteiger partial charge in [-0.05, 0) is 12.1 Å². The molecule has 2 N–H and O–H groups in total. The molecule has 0 aliphatic rings. The van der Waals surface area contributed by atoms with Gasteiger partial charge in [0.15, 0.2) is 5.58 Å². The van der Waals surface area contributed by atoms with Gasteiger partial charge < -0.3 is 10.2 Å². The summed E-state index contributed by atoms with van der Waals surface area (Å²) in [6.45, 7) is 0. The predicted molar refractivity (Wildman–Crippen MR) is 46.9 cm³/mol. The largest absolute Gasteiger partial charge is 0.421 e. The quantitative estimate of drug-likeness (QED) is 0.469. The lowest BCUT2D eigenvalue weighted by atomic mass is 10.2. The summed E-state index contributed by atoms with van der Waals surface area (Å²) >= 11 is 0. The molecule has 0 bridgehead atoms. The van der Waals surface area contributed by atoms with Gasteiger partial charge >= 0.3 is 5.63 Å². The second kappa shape index (κ2) is 2.37. The molecule has 1 aromatic heterocycles. The zero-order chi connectivity index (χ0) is 8.55. The molecule has 60 valence electrons. The van der Waals surface area contributed by atoms with Gasteiger partial charge in [-0.3, -0.25) is 0 Å². The van der Waals surface area contributed by atoms with Gasteiger partial charge in [-0.2, -0.15) is 0 Å². The normalized spacial score (nSPS) is 10.3. The van der Waals surface area contributed by atoms with Crippen molar-refractivity contribution in [2.75, 3.05) is 5.73 Å². The first kappa shape index (κ1) is 6.91. The van der Waals surface area contributed by atoms with E-state index < -0.39 is 0 Å². The molecule has 1 aromatic carbocycles. The molecule has 0 spiro atoms. The Kier molecular flexibility index (Phi) is 1.37. The van der Waals surface area contributed by atoms with Crippen LogP contribution in [0.4, 0.5) is 5.69 Å². The first-order chi connectivity index (χ1) is 5.77. The van der Waals surface area contributed by atoms with Crippen molar-refractivity contribution in [3.63, 3.8) is 0 Å². The molecule has 0 amide bonds. The van der Waals surface area contributed by atoms with Gasteiger partial charge in [-0.25, -0.2) is 4.79 Å². The highest BCUT2D eigenvalue weighted by Crippen LogP contribution is 2.17. The van der Waals surface area contributed by atoms with E-state index in [0.717, 1.165) is 5.39 Å². The zero-order valence-electron chi connectivity index (χ0n) is 6.28. The average molecular weight is 161 g/mol. The summed E-state index contributed by atoms with van der Waals surface area (Å²) in [5, 5.41) is 0.842. The van der Waals surface area contributed by atoms with Crippen LogP contribution in [0.25, 0.3) is 11.0 Å². The first-order valence-electron chi connectivity index (χ1n) is 3.56. The monoisotopic (exact) mass is 161 g/mol. The summed E-state index contributed by atoms with van der Waals surface area (Å²) in [6.07, 6.45) is 0. The van der Waals surface area contributed by atoms with Crippen molar-refractivity contribution < 1.29 is 4.42 Å². The van der Waals surface area contributed by atoms with Gasteiger partial charge in [0.2, 0.25) is 0 Å². The fourth-order valence-electron chi connectivity index (χ4n) is 1.12. The maximum atomic E-state index is 10.8. The van der Waals surface area contributed by atoms with Gasteiger partial charge in [0, 0.05) is 11.5 Å². The smallest absolute Gasteiger partial charge is 0.336 e. The molecular weight excluding hydrogens is 154 g/mol. The number of anilines is 1. The summed E-state index contributed by atoms with van der Waals surface area (Å²) in [4.78, 5) is 10.8. The molecule has 12 heavy (non-hydrogen) atoms. The van der Waals surface area contributed by atoms with E-state index in [0.29, 0.717) is 11.3 Å². The van der Waals surface area contributed by atoms with Crippen LogP contribution < -0.4 is 11.4 Å². The summed E-state index contributed by atoms with van der Waals surface area (Å²) in [7, 11) is 0. The Hall–Kier alpha value is -1.77. The summed E-state index contributed by atoms with van der Waals surface area (Å²) in [5.41, 5.74) is 6.17. The molecule has 2 aromatic rings. The second-order valence-electron chi connectivity index (χ2n) is 2.52. The fraction of sp³-hybridized carbons (Fsp3) is 0. The van der Waals surface area contributed by atoms with Gasteiger partial charge in [0.25, 0.3) is 0 Å². The van der Waals surface area contributed by atoms with Crippen molar-refractivity contribution in [3.05, 3.63) is 40.8 Å². The fourth-order valence-corrected chi connectivity index (χ4v) is 1.12. The van der Waals surface area contributed by atoms with Crippen molar-refractivity contribution in [2.45, 2.75) is 0 Å². The zero-order valence-corrected chi connectivity index (χ0v) is 6.28. The molecule has 1 heterocycles. The molecule has 0 saturated heterocycles. The van der Waals surface area contributed by atoms with Gasteiger partial charge in [0.05, 0.1) is 5.69 Å². The second-order valence-corrected chi connectivity index (χ2v) is 2.52. The number of para-hydroxylation sites is 1. The average Bonchev–Trinajstić information content (AvgIpc) is 2.07. The standard InChI is InChI=1S/C9H7NO2/c10-7-3-1-2-6-4-5-8(11)12-9(6)7/h1-5H,10H2. The molecule has 0 unspecified atom stereocenters. The Labute approximate surface area is 68.4 Å². The van der Waals surface area contributed by atoms with Crippen LogP contribution in [0.2, 0.25) is 0 Å². The van der Waals surface area contributed by atoms with Crippen LogP contribution in [-0.2, 0) is 0 Å². The van der Waals surface area contributed by atoms with Gasteiger partial charge in [0.1, 0.15) is 0 Å². The highest BCUT2D eigenvalue weighted by atomic mass is 16.4. The third-order valence-corrected chi connectivity index (χ3v) is 1.68. The van der Waals surface area contributed by atoms with E-state index >= 15 is 0 Å². The summed E-state index contributed by atoms with van der Waals surface area (Å²) in [6, 6.07) is 8.43. The summed E-state index contributed by atoms with van der Waals surface area (Å²) in [5.74, 6) is 0. The van der Waals surface area contributed by atoms with E-state index in [4.69, 9.17) is 10.2 Å². The molecule has 0 aliphatic carbocycles. The number of fused-ring (bicyclic) bond motifs is 1. The predicted octanol–water partition coefficient (Wildman–Crippen LogP) is 1.38. The maximum Gasteiger partial charge on any atom is 0.336 e. The highest BCUT2D eigenvalue weighted by Gasteiger charge is 1.98. The molecular formula is C9H7NO2. The number of hydrogen-bond acceptors (Lipinski definition) is 3. The molecule has 0 radical (unpaired) electrons. The van der Waals surface area contributed by atoms with Gasteiger partial charge in [-0.15, -0.1) is 0 Å². The van der Waals surface area contributed by atoms with Crippen LogP contribution in [0, 0.1) is 0 Å². The molecule has 0 aliphatic heterocycles. The molecule has 3 nitrogen and oxygen atoms in total. The first-order valence-corrected chi connectivity index (χ1v) is 3.56. The minimum Gasteiger partial charge on any atom is -0.421 e. The molecule has 0 atom stereocenters. The van der Waals surface area contributed by atoms with Crippen LogP contribution in [0.15, 0.2) is 39.5 Å². The van der Waals surface area contributed by atoms with E-state index in [2.05, 4.69) is 0 Å². The van der Waals surface area contributed by atoms with E-state index in [9.17, 15) is 4.79 Å². The molecule has 0 saturated carbocycles. The Morgan fingerprint density at radius 3 is 2.83 bits per heavy atom. The lowest BCUT2D eigenvalue weighted by Crippen LogP contribution is -1.96. The number of nitrogens with two attached hydrogens (primary N) is 1. The topological polar surface area (TPSA) is 56.2 Å². The van der Waals surface area contributed by atoms with Crippen LogP contribution >= 0.6 is 0 Å². The summed E-state index contributed by atoms with van der Waals surface area (Å²) < 4.78 is 4.91. The number of rotatable bonds is 0. The van der Waals surface area contributed by atoms with E-state index in [-0.39, 0.29) is 5.63 Å². The minimum atomic E-state index is -0.375. The Balaban J connectivity index is 2.97. The molecule has 2 rings (SSSR count). The highest BCUT2D eigenvalue weighted by molar-refractivity contribution is 5.86. The molecule has 3 heteroatoms. The van der Waals surface area contributed by atoms with Crippen LogP contribution in [0.3, 0.4) is 0 Å². The lowest BCUT2D eigenvalue weighted by molar-refractivity contribution is 0.562. The third-order valence-electron chi connectivity index (χ3n) is 1.68. The van der Waals surface area contributed by atoms with Gasteiger partial charge in [-0.1, -0.05) is 12.1 Å². The van der Waals surface area contributed by atoms with Crippen molar-refractivity contribution in [2.24, 2.45) is 0 Å². The minimum absolute atomic E-state index is 0.375. The number of hydrogen-bond donors (Lipinski definition) is 1. The molecule has 0 fully saturated rings. The van der Waals surface area contributed by atoms with Crippen molar-refractivity contribution >= 4 is 16.7 Å². The van der Waals surface area contributed by atoms with E-state index in [1.54, 1.807) is 12.1 Å². The van der Waals surface area contributed by atoms with E-state index in [1.807, 2.05) is 12.1 Å². The van der Waals surface area contributed by atoms with Crippen molar-refractivity contribution in [3.8, 4) is 0 Å². The van der Waals surface area contributed by atoms with E-state index in [1.165, 1.54) is 6.07 Å². The maximum absolute atomic E-state index is 10.8. The SMILES string of the molecule is Nc1cccc2ccc(=O)oc12. The Morgan fingerprint density at radius 1 is 1.17 bits per heavy atom. The van der Waals surface area contributed by atoms with Crippen LogP contribution in [0.5, 0.6) is 0 Å². The number of benzene rings is 1. The third kappa shape index (κ3) is 0.955. The lowest BCUT2D eigenvalue weighted by Gasteiger charge is -1.97.